The molecule has 0 atom stereocenters. The van der Waals surface area contributed by atoms with Crippen molar-refractivity contribution >= 4 is 17.5 Å². The summed E-state index contributed by atoms with van der Waals surface area (Å²) in [5.74, 6) is 0.0270. The number of hydrogen-bond donors (Lipinski definition) is 1. The van der Waals surface area contributed by atoms with Gasteiger partial charge in [0.05, 0.1) is 0 Å². The molecule has 3 aromatic rings. The van der Waals surface area contributed by atoms with Gasteiger partial charge in [-0.3, -0.25) is 4.79 Å². The molecule has 0 aliphatic carbocycles. The number of para-hydroxylation sites is 1. The first-order valence-corrected chi connectivity index (χ1v) is 8.92. The molecule has 2 aromatic carbocycles. The second-order valence-corrected chi connectivity index (χ2v) is 6.40. The average molecular weight is 362 g/mol. The molecule has 2 heterocycles. The van der Waals surface area contributed by atoms with Crippen LogP contribution in [-0.4, -0.2) is 29.0 Å². The largest absolute Gasteiger partial charge is 0.350 e. The predicted molar refractivity (Wildman–Crippen MR) is 102 cm³/mol. The number of nitrogens with one attached hydrogen (secondary N) is 1. The molecule has 27 heavy (non-hydrogen) atoms. The summed E-state index contributed by atoms with van der Waals surface area (Å²) in [4.78, 5) is 23.2. The van der Waals surface area contributed by atoms with Crippen LogP contribution in [0, 0.1) is 5.82 Å². The predicted octanol–water partition coefficient (Wildman–Crippen LogP) is 3.28. The van der Waals surface area contributed by atoms with Crippen molar-refractivity contribution in [3.8, 4) is 0 Å². The lowest BCUT2D eigenvalue weighted by atomic mass is 10.1. The van der Waals surface area contributed by atoms with Crippen molar-refractivity contribution in [1.29, 1.82) is 0 Å². The van der Waals surface area contributed by atoms with Gasteiger partial charge < -0.3 is 10.2 Å². The van der Waals surface area contributed by atoms with Crippen LogP contribution in [0.5, 0.6) is 0 Å². The van der Waals surface area contributed by atoms with Crippen LogP contribution < -0.4 is 10.2 Å². The minimum absolute atomic E-state index is 0.242. The molecule has 0 fully saturated rings. The van der Waals surface area contributed by atoms with E-state index in [0.29, 0.717) is 24.6 Å². The van der Waals surface area contributed by atoms with Crippen LogP contribution in [0.2, 0.25) is 0 Å². The zero-order valence-corrected chi connectivity index (χ0v) is 14.7. The normalized spacial score (nSPS) is 12.7. The van der Waals surface area contributed by atoms with Crippen LogP contribution in [0.3, 0.4) is 0 Å². The topological polar surface area (TPSA) is 58.1 Å². The number of benzene rings is 2. The Bertz CT molecular complexity index is 958. The summed E-state index contributed by atoms with van der Waals surface area (Å²) in [6, 6.07) is 16.0. The number of halogens is 1. The minimum Gasteiger partial charge on any atom is -0.350 e. The molecule has 0 radical (unpaired) electrons. The summed E-state index contributed by atoms with van der Waals surface area (Å²) >= 11 is 0. The van der Waals surface area contributed by atoms with Crippen molar-refractivity contribution in [3.05, 3.63) is 83.4 Å². The Morgan fingerprint density at radius 3 is 2.78 bits per heavy atom. The van der Waals surface area contributed by atoms with Crippen molar-refractivity contribution in [2.75, 3.05) is 18.0 Å². The van der Waals surface area contributed by atoms with Crippen LogP contribution in [0.15, 0.2) is 60.8 Å². The van der Waals surface area contributed by atoms with E-state index in [1.807, 2.05) is 23.1 Å². The number of amides is 1. The quantitative estimate of drug-likeness (QED) is 0.757. The van der Waals surface area contributed by atoms with Gasteiger partial charge >= 0.3 is 0 Å². The highest BCUT2D eigenvalue weighted by atomic mass is 19.1. The molecule has 1 aromatic heterocycles. The van der Waals surface area contributed by atoms with Crippen molar-refractivity contribution < 1.29 is 9.18 Å². The highest BCUT2D eigenvalue weighted by Crippen LogP contribution is 2.31. The summed E-state index contributed by atoms with van der Waals surface area (Å²) < 4.78 is 12.9. The molecule has 1 N–H and O–H groups in total. The Balaban J connectivity index is 1.41. The molecule has 0 saturated heterocycles. The molecule has 1 aliphatic heterocycles. The molecular weight excluding hydrogens is 343 g/mol. The van der Waals surface area contributed by atoms with E-state index in [2.05, 4.69) is 21.4 Å². The minimum atomic E-state index is -0.264. The van der Waals surface area contributed by atoms with Crippen LogP contribution >= 0.6 is 0 Å². The highest BCUT2D eigenvalue weighted by Gasteiger charge is 2.22. The molecule has 136 valence electrons. The Hall–Kier alpha value is -3.28. The molecule has 6 heteroatoms. The summed E-state index contributed by atoms with van der Waals surface area (Å²) in [6.45, 7) is 1.26. The third kappa shape index (κ3) is 3.79. The number of anilines is 2. The second kappa shape index (κ2) is 7.53. The maximum absolute atomic E-state index is 12.9. The zero-order chi connectivity index (χ0) is 18.6. The number of carbonyl (C=O) groups excluding carboxylic acids is 1. The first-order chi connectivity index (χ1) is 13.2. The molecule has 5 nitrogen and oxygen atoms in total. The van der Waals surface area contributed by atoms with Crippen LogP contribution in [0.25, 0.3) is 0 Å². The first kappa shape index (κ1) is 17.1. The van der Waals surface area contributed by atoms with Gasteiger partial charge in [-0.05, 0) is 48.2 Å². The lowest BCUT2D eigenvalue weighted by Crippen LogP contribution is -2.27. The van der Waals surface area contributed by atoms with E-state index >= 15 is 0 Å². The third-order valence-electron chi connectivity index (χ3n) is 4.62. The number of rotatable bonds is 5. The van der Waals surface area contributed by atoms with Gasteiger partial charge in [0.15, 0.2) is 0 Å². The van der Waals surface area contributed by atoms with E-state index in [0.717, 1.165) is 24.2 Å². The maximum Gasteiger partial charge on any atom is 0.270 e. The fraction of sp³-hybridized carbons (Fsp3) is 0.190. The summed E-state index contributed by atoms with van der Waals surface area (Å²) in [5, 5.41) is 2.86. The zero-order valence-electron chi connectivity index (χ0n) is 14.7. The lowest BCUT2D eigenvalue weighted by Gasteiger charge is -2.17. The van der Waals surface area contributed by atoms with Crippen LogP contribution in [0.4, 0.5) is 16.0 Å². The number of aromatic nitrogens is 2. The molecule has 0 saturated carbocycles. The van der Waals surface area contributed by atoms with Gasteiger partial charge in [0, 0.05) is 25.0 Å². The summed E-state index contributed by atoms with van der Waals surface area (Å²) in [7, 11) is 0. The molecule has 4 rings (SSSR count). The van der Waals surface area contributed by atoms with E-state index in [4.69, 9.17) is 0 Å². The standard InChI is InChI=1S/C21H19FN4O/c22-17-7-5-15(6-8-17)9-12-23-20(27)18-10-13-24-21(25-18)26-14-11-16-3-1-2-4-19(16)26/h1-8,10,13H,9,11-12,14H2,(H,23,27). The van der Waals surface area contributed by atoms with Crippen molar-refractivity contribution in [2.45, 2.75) is 12.8 Å². The van der Waals surface area contributed by atoms with E-state index in [-0.39, 0.29) is 11.7 Å². The Kier molecular flexibility index (Phi) is 4.78. The van der Waals surface area contributed by atoms with E-state index in [9.17, 15) is 9.18 Å². The maximum atomic E-state index is 12.9. The Morgan fingerprint density at radius 2 is 1.93 bits per heavy atom. The lowest BCUT2D eigenvalue weighted by molar-refractivity contribution is 0.0949. The van der Waals surface area contributed by atoms with Gasteiger partial charge in [0.2, 0.25) is 5.95 Å². The summed E-state index contributed by atoms with van der Waals surface area (Å²) in [6.07, 6.45) is 3.18. The number of nitrogens with zero attached hydrogens (tertiary/aromatic N) is 3. The van der Waals surface area contributed by atoms with E-state index < -0.39 is 0 Å². The first-order valence-electron chi connectivity index (χ1n) is 8.92. The number of carbonyl (C=O) groups is 1. The van der Waals surface area contributed by atoms with Gasteiger partial charge in [0.1, 0.15) is 11.5 Å². The highest BCUT2D eigenvalue weighted by molar-refractivity contribution is 5.92. The Labute approximate surface area is 156 Å². The van der Waals surface area contributed by atoms with Gasteiger partial charge in [-0.15, -0.1) is 0 Å². The monoisotopic (exact) mass is 362 g/mol. The van der Waals surface area contributed by atoms with Crippen molar-refractivity contribution in [3.63, 3.8) is 0 Å². The SMILES string of the molecule is O=C(NCCc1ccc(F)cc1)c1ccnc(N2CCc3ccccc32)n1. The van der Waals surface area contributed by atoms with Crippen LogP contribution in [-0.2, 0) is 12.8 Å². The van der Waals surface area contributed by atoms with E-state index in [1.54, 1.807) is 24.4 Å². The van der Waals surface area contributed by atoms with Crippen molar-refractivity contribution in [2.24, 2.45) is 0 Å². The molecule has 0 unspecified atom stereocenters. The van der Waals surface area contributed by atoms with Gasteiger partial charge in [-0.1, -0.05) is 30.3 Å². The van der Waals surface area contributed by atoms with E-state index in [1.165, 1.54) is 17.7 Å². The summed E-state index contributed by atoms with van der Waals surface area (Å²) in [5.41, 5.74) is 3.65. The van der Waals surface area contributed by atoms with Gasteiger partial charge in [-0.25, -0.2) is 14.4 Å². The fourth-order valence-electron chi connectivity index (χ4n) is 3.21. The van der Waals surface area contributed by atoms with Gasteiger partial charge in [0.25, 0.3) is 5.91 Å². The fourth-order valence-corrected chi connectivity index (χ4v) is 3.21. The molecule has 0 spiro atoms. The number of fused-ring (bicyclic) bond motifs is 1. The third-order valence-corrected chi connectivity index (χ3v) is 4.62. The Morgan fingerprint density at radius 1 is 1.11 bits per heavy atom. The van der Waals surface area contributed by atoms with Gasteiger partial charge in [-0.2, -0.15) is 0 Å². The number of hydrogen-bond acceptors (Lipinski definition) is 4. The smallest absolute Gasteiger partial charge is 0.270 e. The second-order valence-electron chi connectivity index (χ2n) is 6.40. The van der Waals surface area contributed by atoms with Crippen molar-refractivity contribution in [1.82, 2.24) is 15.3 Å². The van der Waals surface area contributed by atoms with Crippen LogP contribution in [0.1, 0.15) is 21.6 Å². The molecule has 0 bridgehead atoms. The molecular formula is C21H19FN4O. The molecule has 1 amide bonds. The average Bonchev–Trinajstić information content (AvgIpc) is 3.14. The molecule has 1 aliphatic rings.